The van der Waals surface area contributed by atoms with Gasteiger partial charge in [0.05, 0.1) is 11.6 Å². The van der Waals surface area contributed by atoms with Crippen LogP contribution in [0, 0.1) is 23.2 Å². The molecule has 0 saturated carbocycles. The lowest BCUT2D eigenvalue weighted by Crippen LogP contribution is -2.18. The summed E-state index contributed by atoms with van der Waals surface area (Å²) in [5.41, 5.74) is 9.13. The maximum atomic E-state index is 10.5. The summed E-state index contributed by atoms with van der Waals surface area (Å²) in [6, 6.07) is 15.5. The number of rotatable bonds is 2. The first-order chi connectivity index (χ1) is 10.6. The summed E-state index contributed by atoms with van der Waals surface area (Å²) in [7, 11) is 0. The molecule has 2 aromatic rings. The van der Waals surface area contributed by atoms with Crippen LogP contribution in [0.15, 0.2) is 53.6 Å². The van der Waals surface area contributed by atoms with Crippen molar-refractivity contribution in [1.29, 1.82) is 5.26 Å². The second kappa shape index (κ2) is 6.47. The zero-order valence-electron chi connectivity index (χ0n) is 11.9. The molecular formula is C17H12N4O. The Bertz CT molecular complexity index is 829. The van der Waals surface area contributed by atoms with E-state index in [-0.39, 0.29) is 0 Å². The molecule has 5 heteroatoms. The normalized spacial score (nSPS) is 12.0. The van der Waals surface area contributed by atoms with Gasteiger partial charge in [-0.2, -0.15) is 5.26 Å². The number of azide groups is 1. The predicted molar refractivity (Wildman–Crippen MR) is 82.9 cm³/mol. The average molecular weight is 288 g/mol. The van der Waals surface area contributed by atoms with E-state index in [0.717, 1.165) is 0 Å². The van der Waals surface area contributed by atoms with E-state index in [1.165, 1.54) is 6.92 Å². The SMILES string of the molecule is CC(O)(C#Cc1ccc(C#N)cc1)c1ccccc1N=[N+]=[N-]. The van der Waals surface area contributed by atoms with Gasteiger partial charge in [-0.15, -0.1) is 0 Å². The van der Waals surface area contributed by atoms with Gasteiger partial charge in [0.2, 0.25) is 0 Å². The first kappa shape index (κ1) is 15.2. The quantitative estimate of drug-likeness (QED) is 0.394. The molecule has 2 rings (SSSR count). The van der Waals surface area contributed by atoms with E-state index in [0.29, 0.717) is 22.4 Å². The Hall–Kier alpha value is -3.24. The first-order valence-electron chi connectivity index (χ1n) is 6.47. The molecule has 106 valence electrons. The number of nitrogens with zero attached hydrogens (tertiary/aromatic N) is 4. The summed E-state index contributed by atoms with van der Waals surface area (Å²) in [6.45, 7) is 1.54. The van der Waals surface area contributed by atoms with Crippen LogP contribution >= 0.6 is 0 Å². The van der Waals surface area contributed by atoms with Gasteiger partial charge in [-0.1, -0.05) is 41.2 Å². The zero-order valence-corrected chi connectivity index (χ0v) is 11.9. The van der Waals surface area contributed by atoms with E-state index in [9.17, 15) is 5.11 Å². The van der Waals surface area contributed by atoms with Gasteiger partial charge in [-0.3, -0.25) is 0 Å². The lowest BCUT2D eigenvalue weighted by molar-refractivity contribution is 0.123. The monoisotopic (exact) mass is 288 g/mol. The Morgan fingerprint density at radius 3 is 2.41 bits per heavy atom. The number of nitriles is 1. The van der Waals surface area contributed by atoms with Gasteiger partial charge >= 0.3 is 0 Å². The van der Waals surface area contributed by atoms with Gasteiger partial charge in [-0.25, -0.2) is 0 Å². The minimum Gasteiger partial charge on any atom is -0.374 e. The highest BCUT2D eigenvalue weighted by Crippen LogP contribution is 2.29. The molecule has 0 heterocycles. The third-order valence-corrected chi connectivity index (χ3v) is 3.05. The highest BCUT2D eigenvalue weighted by atomic mass is 16.3. The first-order valence-corrected chi connectivity index (χ1v) is 6.47. The molecule has 5 nitrogen and oxygen atoms in total. The van der Waals surface area contributed by atoms with Gasteiger partial charge in [0, 0.05) is 21.7 Å². The lowest BCUT2D eigenvalue weighted by atomic mass is 9.94. The van der Waals surface area contributed by atoms with Gasteiger partial charge in [0.25, 0.3) is 0 Å². The van der Waals surface area contributed by atoms with Crippen molar-refractivity contribution < 1.29 is 5.11 Å². The maximum Gasteiger partial charge on any atom is 0.148 e. The largest absolute Gasteiger partial charge is 0.374 e. The molecule has 2 aromatic carbocycles. The van der Waals surface area contributed by atoms with Crippen LogP contribution in [0.2, 0.25) is 0 Å². The van der Waals surface area contributed by atoms with E-state index in [4.69, 9.17) is 10.8 Å². The Morgan fingerprint density at radius 1 is 1.14 bits per heavy atom. The van der Waals surface area contributed by atoms with Crippen molar-refractivity contribution in [2.75, 3.05) is 0 Å². The summed E-state index contributed by atoms with van der Waals surface area (Å²) in [4.78, 5) is 2.75. The van der Waals surface area contributed by atoms with Crippen molar-refractivity contribution in [2.45, 2.75) is 12.5 Å². The summed E-state index contributed by atoms with van der Waals surface area (Å²) in [5, 5.41) is 22.9. The number of hydrogen-bond donors (Lipinski definition) is 1. The fourth-order valence-corrected chi connectivity index (χ4v) is 1.91. The second-order valence-electron chi connectivity index (χ2n) is 4.72. The van der Waals surface area contributed by atoms with E-state index in [1.807, 2.05) is 6.07 Å². The van der Waals surface area contributed by atoms with Crippen LogP contribution in [0.4, 0.5) is 5.69 Å². The molecular weight excluding hydrogens is 276 g/mol. The third-order valence-electron chi connectivity index (χ3n) is 3.05. The zero-order chi connectivity index (χ0) is 16.0. The van der Waals surface area contributed by atoms with Crippen LogP contribution in [0.25, 0.3) is 10.4 Å². The van der Waals surface area contributed by atoms with Crippen LogP contribution in [0.5, 0.6) is 0 Å². The molecule has 1 atom stereocenters. The van der Waals surface area contributed by atoms with Crippen LogP contribution in [0.3, 0.4) is 0 Å². The fraction of sp³-hybridized carbons (Fsp3) is 0.118. The number of aliphatic hydroxyl groups is 1. The van der Waals surface area contributed by atoms with Crippen molar-refractivity contribution in [1.82, 2.24) is 0 Å². The van der Waals surface area contributed by atoms with E-state index >= 15 is 0 Å². The smallest absolute Gasteiger partial charge is 0.148 e. The molecule has 0 aliphatic rings. The molecule has 1 N–H and O–H groups in total. The minimum absolute atomic E-state index is 0.337. The van der Waals surface area contributed by atoms with Crippen LogP contribution < -0.4 is 0 Å². The van der Waals surface area contributed by atoms with Gasteiger partial charge in [0.15, 0.2) is 0 Å². The summed E-state index contributed by atoms with van der Waals surface area (Å²) >= 11 is 0. The number of hydrogen-bond acceptors (Lipinski definition) is 3. The van der Waals surface area contributed by atoms with Crippen LogP contribution in [-0.4, -0.2) is 5.11 Å². The molecule has 0 aliphatic heterocycles. The van der Waals surface area contributed by atoms with Crippen molar-refractivity contribution >= 4 is 5.69 Å². The topological polar surface area (TPSA) is 92.8 Å². The standard InChI is InChI=1S/C17H12N4O/c1-17(22,15-4-2-3-5-16(15)20-21-19)11-10-13-6-8-14(12-18)9-7-13/h2-9,22H,1H3. The Kier molecular flexibility index (Phi) is 4.46. The van der Waals surface area contributed by atoms with E-state index in [1.54, 1.807) is 48.5 Å². The summed E-state index contributed by atoms with van der Waals surface area (Å²) in [5.74, 6) is 5.63. The number of benzene rings is 2. The van der Waals surface area contributed by atoms with Gasteiger partial charge in [-0.05, 0) is 36.7 Å². The maximum absolute atomic E-state index is 10.5. The van der Waals surface area contributed by atoms with E-state index in [2.05, 4.69) is 21.9 Å². The molecule has 0 saturated heterocycles. The molecule has 0 radical (unpaired) electrons. The third kappa shape index (κ3) is 3.45. The fourth-order valence-electron chi connectivity index (χ4n) is 1.91. The second-order valence-corrected chi connectivity index (χ2v) is 4.72. The van der Waals surface area contributed by atoms with Crippen molar-refractivity contribution in [3.8, 4) is 17.9 Å². The molecule has 0 spiro atoms. The highest BCUT2D eigenvalue weighted by Gasteiger charge is 2.22. The average Bonchev–Trinajstić information content (AvgIpc) is 2.54. The molecule has 0 aromatic heterocycles. The van der Waals surface area contributed by atoms with Crippen LogP contribution in [-0.2, 0) is 5.60 Å². The summed E-state index contributed by atoms with van der Waals surface area (Å²) in [6.07, 6.45) is 0. The lowest BCUT2D eigenvalue weighted by Gasteiger charge is -2.18. The molecule has 0 aliphatic carbocycles. The molecule has 0 fully saturated rings. The van der Waals surface area contributed by atoms with Crippen molar-refractivity contribution in [3.63, 3.8) is 0 Å². The van der Waals surface area contributed by atoms with Crippen LogP contribution in [0.1, 0.15) is 23.6 Å². The highest BCUT2D eigenvalue weighted by molar-refractivity contribution is 5.52. The van der Waals surface area contributed by atoms with Gasteiger partial charge < -0.3 is 5.11 Å². The van der Waals surface area contributed by atoms with Gasteiger partial charge in [0.1, 0.15) is 5.60 Å². The minimum atomic E-state index is -1.46. The summed E-state index contributed by atoms with van der Waals surface area (Å²) < 4.78 is 0. The molecule has 0 amide bonds. The molecule has 0 bridgehead atoms. The van der Waals surface area contributed by atoms with E-state index < -0.39 is 5.60 Å². The Morgan fingerprint density at radius 2 is 1.77 bits per heavy atom. The molecule has 22 heavy (non-hydrogen) atoms. The Labute approximate surface area is 128 Å². The Balaban J connectivity index is 2.38. The molecule has 1 unspecified atom stereocenters. The van der Waals surface area contributed by atoms with Crippen molar-refractivity contribution in [2.24, 2.45) is 5.11 Å². The van der Waals surface area contributed by atoms with Crippen molar-refractivity contribution in [3.05, 3.63) is 75.7 Å². The predicted octanol–water partition coefficient (Wildman–Crippen LogP) is 3.76.